The Hall–Kier alpha value is -2.40. The van der Waals surface area contributed by atoms with Crippen molar-refractivity contribution in [1.29, 1.82) is 0 Å². The number of morpholine rings is 1. The van der Waals surface area contributed by atoms with E-state index in [2.05, 4.69) is 37.0 Å². The van der Waals surface area contributed by atoms with Crippen molar-refractivity contribution >= 4 is 5.91 Å². The number of ether oxygens (including phenoxy) is 1. The molecular formula is C20H24N2O3. The van der Waals surface area contributed by atoms with Gasteiger partial charge in [-0.2, -0.15) is 0 Å². The average molecular weight is 340 g/mol. The summed E-state index contributed by atoms with van der Waals surface area (Å²) in [6.07, 6.45) is -0.164. The molecule has 1 saturated heterocycles. The molecule has 1 N–H and O–H groups in total. The number of benzene rings is 1. The first-order valence-electron chi connectivity index (χ1n) is 8.55. The number of carbonyl (C=O) groups is 1. The van der Waals surface area contributed by atoms with Crippen LogP contribution in [-0.4, -0.2) is 35.5 Å². The van der Waals surface area contributed by atoms with Gasteiger partial charge in [-0.3, -0.25) is 9.59 Å². The van der Waals surface area contributed by atoms with Crippen molar-refractivity contribution in [2.24, 2.45) is 0 Å². The number of pyridine rings is 1. The largest absolute Gasteiger partial charge is 0.370 e. The molecule has 2 heterocycles. The molecule has 1 aliphatic rings. The molecule has 0 saturated carbocycles. The normalized spacial score (nSPS) is 17.6. The van der Waals surface area contributed by atoms with E-state index < -0.39 is 0 Å². The summed E-state index contributed by atoms with van der Waals surface area (Å²) in [5, 5.41) is 0. The lowest BCUT2D eigenvalue weighted by Gasteiger charge is -2.34. The summed E-state index contributed by atoms with van der Waals surface area (Å²) in [6, 6.07) is 8.07. The molecule has 1 atom stereocenters. The molecule has 0 spiro atoms. The minimum Gasteiger partial charge on any atom is -0.370 e. The fourth-order valence-electron chi connectivity index (χ4n) is 3.49. The molecule has 1 aromatic heterocycles. The van der Waals surface area contributed by atoms with Crippen molar-refractivity contribution in [1.82, 2.24) is 9.88 Å². The van der Waals surface area contributed by atoms with Crippen molar-refractivity contribution in [2.75, 3.05) is 19.7 Å². The van der Waals surface area contributed by atoms with Crippen LogP contribution in [0.4, 0.5) is 0 Å². The number of rotatable bonds is 2. The first-order valence-corrected chi connectivity index (χ1v) is 8.55. The maximum absolute atomic E-state index is 12.9. The van der Waals surface area contributed by atoms with Crippen molar-refractivity contribution in [2.45, 2.75) is 33.8 Å². The molecule has 0 aliphatic carbocycles. The van der Waals surface area contributed by atoms with Gasteiger partial charge < -0.3 is 14.6 Å². The molecule has 3 rings (SSSR count). The summed E-state index contributed by atoms with van der Waals surface area (Å²) in [4.78, 5) is 29.6. The predicted molar refractivity (Wildman–Crippen MR) is 97.0 cm³/mol. The number of nitrogens with zero attached hydrogens (tertiary/aromatic N) is 1. The van der Waals surface area contributed by atoms with Gasteiger partial charge in [-0.15, -0.1) is 0 Å². The highest BCUT2D eigenvalue weighted by Crippen LogP contribution is 2.26. The second-order valence-electron chi connectivity index (χ2n) is 6.81. The summed E-state index contributed by atoms with van der Waals surface area (Å²) in [6.45, 7) is 9.14. The topological polar surface area (TPSA) is 62.4 Å². The third kappa shape index (κ3) is 3.51. The Kier molecular flexibility index (Phi) is 4.77. The zero-order valence-electron chi connectivity index (χ0n) is 15.2. The molecule has 132 valence electrons. The second kappa shape index (κ2) is 6.84. The van der Waals surface area contributed by atoms with E-state index in [1.54, 1.807) is 11.8 Å². The summed E-state index contributed by atoms with van der Waals surface area (Å²) in [7, 11) is 0. The first-order chi connectivity index (χ1) is 11.9. The Bertz CT molecular complexity index is 870. The van der Waals surface area contributed by atoms with E-state index in [-0.39, 0.29) is 23.1 Å². The van der Waals surface area contributed by atoms with Gasteiger partial charge >= 0.3 is 0 Å². The lowest BCUT2D eigenvalue weighted by Crippen LogP contribution is -2.44. The van der Waals surface area contributed by atoms with Gasteiger partial charge in [0.05, 0.1) is 13.2 Å². The number of hydrogen-bond donors (Lipinski definition) is 1. The van der Waals surface area contributed by atoms with Crippen LogP contribution in [0.3, 0.4) is 0 Å². The van der Waals surface area contributed by atoms with E-state index in [1.165, 1.54) is 5.56 Å². The molecule has 0 bridgehead atoms. The van der Waals surface area contributed by atoms with E-state index in [0.29, 0.717) is 25.3 Å². The zero-order chi connectivity index (χ0) is 18.1. The highest BCUT2D eigenvalue weighted by atomic mass is 16.5. The van der Waals surface area contributed by atoms with Gasteiger partial charge in [0.15, 0.2) is 0 Å². The molecule has 0 radical (unpaired) electrons. The number of aryl methyl sites for hydroxylation is 4. The minimum atomic E-state index is -0.322. The number of aromatic amines is 1. The third-order valence-corrected chi connectivity index (χ3v) is 4.70. The summed E-state index contributed by atoms with van der Waals surface area (Å²) in [5.74, 6) is -0.225. The van der Waals surface area contributed by atoms with E-state index >= 15 is 0 Å². The SMILES string of the molecule is Cc1ccc([C@H]2CN(C(=O)c3c(C)cc(C)[nH]c3=O)CCO2)c(C)c1. The Morgan fingerprint density at radius 1 is 1.16 bits per heavy atom. The number of amides is 1. The average Bonchev–Trinajstić information content (AvgIpc) is 2.54. The predicted octanol–water partition coefficient (Wildman–Crippen LogP) is 2.82. The summed E-state index contributed by atoms with van der Waals surface area (Å²) < 4.78 is 5.90. The molecule has 1 aliphatic heterocycles. The van der Waals surface area contributed by atoms with Gasteiger partial charge in [0.25, 0.3) is 11.5 Å². The van der Waals surface area contributed by atoms with Crippen LogP contribution in [0.25, 0.3) is 0 Å². The molecule has 5 nitrogen and oxygen atoms in total. The standard InChI is InChI=1S/C20H24N2O3/c1-12-5-6-16(13(2)9-12)17-11-22(7-8-25-17)20(24)18-14(3)10-15(4)21-19(18)23/h5-6,9-10,17H,7-8,11H2,1-4H3,(H,21,23)/t17-/m1/s1. The number of H-pyrrole nitrogens is 1. The molecule has 1 aromatic carbocycles. The van der Waals surface area contributed by atoms with E-state index in [4.69, 9.17) is 4.74 Å². The van der Waals surface area contributed by atoms with Gasteiger partial charge in [0, 0.05) is 12.2 Å². The summed E-state index contributed by atoms with van der Waals surface area (Å²) >= 11 is 0. The fraction of sp³-hybridized carbons (Fsp3) is 0.400. The first kappa shape index (κ1) is 17.4. The Labute approximate surface area is 147 Å². The molecule has 1 amide bonds. The Morgan fingerprint density at radius 2 is 1.92 bits per heavy atom. The lowest BCUT2D eigenvalue weighted by molar-refractivity contribution is -0.0231. The quantitative estimate of drug-likeness (QED) is 0.914. The highest BCUT2D eigenvalue weighted by molar-refractivity contribution is 5.95. The number of carbonyl (C=O) groups excluding carboxylic acids is 1. The lowest BCUT2D eigenvalue weighted by atomic mass is 9.99. The van der Waals surface area contributed by atoms with Crippen LogP contribution in [0.2, 0.25) is 0 Å². The molecule has 2 aromatic rings. The molecule has 0 unspecified atom stereocenters. The van der Waals surface area contributed by atoms with Crippen LogP contribution in [0, 0.1) is 27.7 Å². The van der Waals surface area contributed by atoms with Crippen molar-refractivity contribution < 1.29 is 9.53 Å². The van der Waals surface area contributed by atoms with Gasteiger partial charge in [-0.05, 0) is 50.5 Å². The minimum absolute atomic E-state index is 0.164. The van der Waals surface area contributed by atoms with Crippen LogP contribution in [0.15, 0.2) is 29.1 Å². The number of hydrogen-bond acceptors (Lipinski definition) is 3. The highest BCUT2D eigenvalue weighted by Gasteiger charge is 2.29. The van der Waals surface area contributed by atoms with Gasteiger partial charge in [0.1, 0.15) is 11.7 Å². The van der Waals surface area contributed by atoms with Crippen LogP contribution in [0.1, 0.15) is 44.4 Å². The van der Waals surface area contributed by atoms with Crippen LogP contribution >= 0.6 is 0 Å². The van der Waals surface area contributed by atoms with Crippen molar-refractivity contribution in [3.63, 3.8) is 0 Å². The van der Waals surface area contributed by atoms with Gasteiger partial charge in [-0.1, -0.05) is 23.8 Å². The maximum Gasteiger partial charge on any atom is 0.261 e. The van der Waals surface area contributed by atoms with E-state index in [0.717, 1.165) is 16.8 Å². The van der Waals surface area contributed by atoms with Crippen LogP contribution < -0.4 is 5.56 Å². The molecule has 5 heteroatoms. The number of nitrogens with one attached hydrogen (secondary N) is 1. The van der Waals surface area contributed by atoms with Gasteiger partial charge in [-0.25, -0.2) is 0 Å². The van der Waals surface area contributed by atoms with Crippen LogP contribution in [0.5, 0.6) is 0 Å². The monoisotopic (exact) mass is 340 g/mol. The van der Waals surface area contributed by atoms with Gasteiger partial charge in [0.2, 0.25) is 0 Å². The number of aromatic nitrogens is 1. The summed E-state index contributed by atoms with van der Waals surface area (Å²) in [5.41, 5.74) is 4.83. The second-order valence-corrected chi connectivity index (χ2v) is 6.81. The third-order valence-electron chi connectivity index (χ3n) is 4.70. The molecular weight excluding hydrogens is 316 g/mol. The van der Waals surface area contributed by atoms with Crippen molar-refractivity contribution in [3.05, 3.63) is 68.1 Å². The van der Waals surface area contributed by atoms with E-state index in [9.17, 15) is 9.59 Å². The van der Waals surface area contributed by atoms with Crippen molar-refractivity contribution in [3.8, 4) is 0 Å². The van der Waals surface area contributed by atoms with Crippen LogP contribution in [-0.2, 0) is 4.74 Å². The molecule has 1 fully saturated rings. The van der Waals surface area contributed by atoms with E-state index in [1.807, 2.05) is 13.0 Å². The fourth-order valence-corrected chi connectivity index (χ4v) is 3.49. The maximum atomic E-state index is 12.9. The zero-order valence-corrected chi connectivity index (χ0v) is 15.2. The Balaban J connectivity index is 1.86. The Morgan fingerprint density at radius 3 is 2.60 bits per heavy atom. The smallest absolute Gasteiger partial charge is 0.261 e. The molecule has 25 heavy (non-hydrogen) atoms.